The van der Waals surface area contributed by atoms with Crippen LogP contribution in [0.5, 0.6) is 0 Å². The minimum Gasteiger partial charge on any atom is -0.464 e. The lowest BCUT2D eigenvalue weighted by molar-refractivity contribution is -0.146. The van der Waals surface area contributed by atoms with Crippen molar-refractivity contribution in [3.8, 4) is 0 Å². The molecule has 1 N–H and O–H groups in total. The molecule has 0 saturated carbocycles. The van der Waals surface area contributed by atoms with E-state index in [2.05, 4.69) is 5.32 Å². The second-order valence-electron chi connectivity index (χ2n) is 5.43. The molecule has 1 amide bonds. The molecule has 0 radical (unpaired) electrons. The molecule has 0 saturated heterocycles. The lowest BCUT2D eigenvalue weighted by Gasteiger charge is -2.22. The van der Waals surface area contributed by atoms with Gasteiger partial charge >= 0.3 is 12.1 Å². The summed E-state index contributed by atoms with van der Waals surface area (Å²) in [7, 11) is 0. The highest BCUT2D eigenvalue weighted by Crippen LogP contribution is 2.17. The molecule has 5 nitrogen and oxygen atoms in total. The number of benzene rings is 1. The number of carbonyl (C=O) groups excluding carboxylic acids is 2. The third kappa shape index (κ3) is 7.06. The zero-order valence-electron chi connectivity index (χ0n) is 13.1. The maximum Gasteiger partial charge on any atom is 0.408 e. The lowest BCUT2D eigenvalue weighted by atomic mass is 10.0. The Kier molecular flexibility index (Phi) is 6.82. The number of amides is 1. The SMILES string of the molecule is CCOC(=O)[C@@H](CC(C)(C)F)NC(=O)OCc1ccccc1. The average Bonchev–Trinajstić information content (AvgIpc) is 2.44. The van der Waals surface area contributed by atoms with Gasteiger partial charge in [0.25, 0.3) is 0 Å². The van der Waals surface area contributed by atoms with Gasteiger partial charge < -0.3 is 14.8 Å². The predicted molar refractivity (Wildman–Crippen MR) is 80.0 cm³/mol. The molecule has 1 atom stereocenters. The molecule has 0 unspecified atom stereocenters. The highest BCUT2D eigenvalue weighted by Gasteiger charge is 2.30. The number of rotatable bonds is 7. The summed E-state index contributed by atoms with van der Waals surface area (Å²) in [6, 6.07) is 8.03. The first kappa shape index (κ1) is 17.9. The first-order chi connectivity index (χ1) is 10.3. The number of ether oxygens (including phenoxy) is 2. The average molecular weight is 311 g/mol. The summed E-state index contributed by atoms with van der Waals surface area (Å²) in [6.45, 7) is 4.53. The van der Waals surface area contributed by atoms with Crippen LogP contribution < -0.4 is 5.32 Å². The van der Waals surface area contributed by atoms with Crippen LogP contribution in [0.25, 0.3) is 0 Å². The van der Waals surface area contributed by atoms with Crippen LogP contribution in [0, 0.1) is 0 Å². The van der Waals surface area contributed by atoms with E-state index in [9.17, 15) is 14.0 Å². The van der Waals surface area contributed by atoms with Crippen LogP contribution in [0.4, 0.5) is 9.18 Å². The summed E-state index contributed by atoms with van der Waals surface area (Å²) in [5, 5.41) is 2.35. The molecular weight excluding hydrogens is 289 g/mol. The van der Waals surface area contributed by atoms with Gasteiger partial charge in [-0.3, -0.25) is 0 Å². The summed E-state index contributed by atoms with van der Waals surface area (Å²) in [4.78, 5) is 23.5. The van der Waals surface area contributed by atoms with E-state index in [-0.39, 0.29) is 19.6 Å². The summed E-state index contributed by atoms with van der Waals surface area (Å²) in [6.07, 6.45) is -0.974. The summed E-state index contributed by atoms with van der Waals surface area (Å²) >= 11 is 0. The second kappa shape index (κ2) is 8.36. The Hall–Kier alpha value is -2.11. The molecule has 0 bridgehead atoms. The third-order valence-corrected chi connectivity index (χ3v) is 2.77. The van der Waals surface area contributed by atoms with Crippen LogP contribution in [0.2, 0.25) is 0 Å². The van der Waals surface area contributed by atoms with E-state index in [1.807, 2.05) is 18.2 Å². The quantitative estimate of drug-likeness (QED) is 0.786. The normalized spacial score (nSPS) is 12.4. The molecule has 6 heteroatoms. The molecule has 1 aromatic rings. The first-order valence-electron chi connectivity index (χ1n) is 7.14. The molecule has 0 aromatic heterocycles. The Morgan fingerprint density at radius 3 is 2.41 bits per heavy atom. The van der Waals surface area contributed by atoms with Gasteiger partial charge in [0, 0.05) is 6.42 Å². The molecule has 0 heterocycles. The molecule has 1 aromatic carbocycles. The zero-order valence-corrected chi connectivity index (χ0v) is 13.1. The van der Waals surface area contributed by atoms with E-state index in [1.165, 1.54) is 13.8 Å². The fraction of sp³-hybridized carbons (Fsp3) is 0.500. The van der Waals surface area contributed by atoms with Crippen LogP contribution in [0.3, 0.4) is 0 Å². The van der Waals surface area contributed by atoms with E-state index in [0.717, 1.165) is 5.56 Å². The number of hydrogen-bond acceptors (Lipinski definition) is 4. The fourth-order valence-electron chi connectivity index (χ4n) is 1.83. The van der Waals surface area contributed by atoms with E-state index in [4.69, 9.17) is 9.47 Å². The van der Waals surface area contributed by atoms with Crippen molar-refractivity contribution in [3.63, 3.8) is 0 Å². The predicted octanol–water partition coefficient (Wildman–Crippen LogP) is 2.98. The largest absolute Gasteiger partial charge is 0.464 e. The van der Waals surface area contributed by atoms with Gasteiger partial charge in [-0.2, -0.15) is 0 Å². The van der Waals surface area contributed by atoms with Crippen LogP contribution in [-0.4, -0.2) is 30.4 Å². The number of carbonyl (C=O) groups is 2. The van der Waals surface area contributed by atoms with Crippen LogP contribution >= 0.6 is 0 Å². The van der Waals surface area contributed by atoms with E-state index in [1.54, 1.807) is 19.1 Å². The van der Waals surface area contributed by atoms with Gasteiger partial charge in [0.15, 0.2) is 0 Å². The Bertz CT molecular complexity index is 485. The monoisotopic (exact) mass is 311 g/mol. The highest BCUT2D eigenvalue weighted by atomic mass is 19.1. The Morgan fingerprint density at radius 1 is 1.23 bits per heavy atom. The number of nitrogens with one attached hydrogen (secondary N) is 1. The number of esters is 1. The Labute approximate surface area is 129 Å². The molecule has 122 valence electrons. The molecule has 0 aliphatic heterocycles. The molecule has 0 spiro atoms. The molecule has 0 aliphatic carbocycles. The van der Waals surface area contributed by atoms with Gasteiger partial charge in [-0.25, -0.2) is 14.0 Å². The van der Waals surface area contributed by atoms with Gasteiger partial charge in [0.2, 0.25) is 0 Å². The van der Waals surface area contributed by atoms with Crippen molar-refractivity contribution in [1.29, 1.82) is 0 Å². The minimum absolute atomic E-state index is 0.0707. The van der Waals surface area contributed by atoms with Crippen molar-refractivity contribution >= 4 is 12.1 Å². The second-order valence-corrected chi connectivity index (χ2v) is 5.43. The molecule has 0 fully saturated rings. The van der Waals surface area contributed by atoms with Gasteiger partial charge in [-0.1, -0.05) is 30.3 Å². The van der Waals surface area contributed by atoms with Crippen LogP contribution in [0.1, 0.15) is 32.8 Å². The summed E-state index contributed by atoms with van der Waals surface area (Å²) in [5.41, 5.74) is -0.805. The van der Waals surface area contributed by atoms with Crippen molar-refractivity contribution in [2.75, 3.05) is 6.61 Å². The Morgan fingerprint density at radius 2 is 1.86 bits per heavy atom. The fourth-order valence-corrected chi connectivity index (χ4v) is 1.83. The number of alkyl halides is 1. The van der Waals surface area contributed by atoms with Gasteiger partial charge in [0.05, 0.1) is 6.61 Å². The molecular formula is C16H22FNO4. The maximum absolute atomic E-state index is 13.7. The first-order valence-corrected chi connectivity index (χ1v) is 7.14. The third-order valence-electron chi connectivity index (χ3n) is 2.77. The van der Waals surface area contributed by atoms with E-state index in [0.29, 0.717) is 0 Å². The van der Waals surface area contributed by atoms with Crippen LogP contribution in [0.15, 0.2) is 30.3 Å². The van der Waals surface area contributed by atoms with Crippen molar-refractivity contribution in [3.05, 3.63) is 35.9 Å². The van der Waals surface area contributed by atoms with Gasteiger partial charge in [0.1, 0.15) is 18.3 Å². The highest BCUT2D eigenvalue weighted by molar-refractivity contribution is 5.81. The molecule has 1 rings (SSSR count). The summed E-state index contributed by atoms with van der Waals surface area (Å²) < 4.78 is 23.6. The van der Waals surface area contributed by atoms with E-state index < -0.39 is 23.8 Å². The van der Waals surface area contributed by atoms with Gasteiger partial charge in [-0.05, 0) is 26.3 Å². The maximum atomic E-state index is 13.7. The zero-order chi connectivity index (χ0) is 16.6. The summed E-state index contributed by atoms with van der Waals surface area (Å²) in [5.74, 6) is -0.676. The van der Waals surface area contributed by atoms with Crippen molar-refractivity contribution in [2.45, 2.75) is 45.5 Å². The van der Waals surface area contributed by atoms with Crippen molar-refractivity contribution in [1.82, 2.24) is 5.32 Å². The smallest absolute Gasteiger partial charge is 0.408 e. The Balaban J connectivity index is 2.56. The van der Waals surface area contributed by atoms with Gasteiger partial charge in [-0.15, -0.1) is 0 Å². The molecule has 0 aliphatic rings. The minimum atomic E-state index is -1.62. The number of hydrogen-bond donors (Lipinski definition) is 1. The van der Waals surface area contributed by atoms with Crippen molar-refractivity contribution < 1.29 is 23.5 Å². The van der Waals surface area contributed by atoms with E-state index >= 15 is 0 Å². The number of halogens is 1. The standard InChI is InChI=1S/C16H22FNO4/c1-4-21-14(19)13(10-16(2,3)17)18-15(20)22-11-12-8-6-5-7-9-12/h5-9,13H,4,10-11H2,1-3H3,(H,18,20)/t13-/m1/s1. The number of alkyl carbamates (subject to hydrolysis) is 1. The molecule has 22 heavy (non-hydrogen) atoms. The van der Waals surface area contributed by atoms with Crippen molar-refractivity contribution in [2.24, 2.45) is 0 Å². The topological polar surface area (TPSA) is 64.6 Å². The van der Waals surface area contributed by atoms with Crippen LogP contribution in [-0.2, 0) is 20.9 Å². The lowest BCUT2D eigenvalue weighted by Crippen LogP contribution is -2.45.